The van der Waals surface area contributed by atoms with E-state index in [-0.39, 0.29) is 73.8 Å². The average Bonchev–Trinajstić information content (AvgIpc) is 2.05. The van der Waals surface area contributed by atoms with Crippen molar-refractivity contribution in [2.45, 2.75) is 0 Å². The van der Waals surface area contributed by atoms with Crippen LogP contribution in [0.15, 0.2) is 0 Å². The number of amides is 1. The van der Waals surface area contributed by atoms with E-state index in [1.165, 1.54) is 0 Å². The summed E-state index contributed by atoms with van der Waals surface area (Å²) in [7, 11) is -2.94. The van der Waals surface area contributed by atoms with Crippen molar-refractivity contribution in [2.24, 2.45) is 0 Å². The maximum absolute atomic E-state index is 10.4. The Morgan fingerprint density at radius 1 is 1.47 bits per heavy atom. The van der Waals surface area contributed by atoms with Gasteiger partial charge in [0.05, 0.1) is 6.54 Å². The van der Waals surface area contributed by atoms with Crippen molar-refractivity contribution in [1.82, 2.24) is 10.2 Å². The first kappa shape index (κ1) is 21.3. The third-order valence-corrected chi connectivity index (χ3v) is 1.02. The molecule has 15 heavy (non-hydrogen) atoms. The van der Waals surface area contributed by atoms with E-state index >= 15 is 0 Å². The van der Waals surface area contributed by atoms with Gasteiger partial charge in [0.1, 0.15) is 0 Å². The molecule has 1 amide bonds. The minimum atomic E-state index is -4.64. The first-order valence-corrected chi connectivity index (χ1v) is 4.64. The number of hydrogen-bond acceptors (Lipinski definition) is 3. The number of guanidine groups is 1. The Balaban J connectivity index is -0.0000000489. The summed E-state index contributed by atoms with van der Waals surface area (Å²) in [5, 5.41) is 9.32. The Hall–Kier alpha value is 1.05. The van der Waals surface area contributed by atoms with Gasteiger partial charge in [-0.1, -0.05) is 0 Å². The maximum atomic E-state index is 10.4. The van der Waals surface area contributed by atoms with Crippen LogP contribution in [-0.2, 0) is 9.36 Å². The number of rotatable bonds is 0. The number of carbonyl (C=O) groups excluding carboxylic acids is 1. The molecular formula is C4H12N3Na2O5P. The summed E-state index contributed by atoms with van der Waals surface area (Å²) in [6.07, 6.45) is 0. The molecular weight excluding hydrogens is 247 g/mol. The van der Waals surface area contributed by atoms with Crippen molar-refractivity contribution in [3.05, 3.63) is 0 Å². The van der Waals surface area contributed by atoms with Crippen LogP contribution in [0.5, 0.6) is 0 Å². The molecule has 1 heterocycles. The molecule has 11 heteroatoms. The molecule has 0 spiro atoms. The Kier molecular flexibility index (Phi) is 13.0. The molecule has 5 N–H and O–H groups in total. The third-order valence-electron chi connectivity index (χ3n) is 1.02. The predicted octanol–water partition coefficient (Wildman–Crippen LogP) is -7.71. The van der Waals surface area contributed by atoms with E-state index in [9.17, 15) is 4.79 Å². The molecule has 1 aliphatic heterocycles. The standard InChI is InChI=1S/C4H7N3O.2Na.H3O4P.2H/c1-7-2-3(8)6-4(7)5;;;1-5(2,3)4;;/h2H2,1H3,(H2,5,6,8);;;(H3,1,2,3,4);;/q;2*+1;;2*-1. The minimum absolute atomic E-state index is 0. The van der Waals surface area contributed by atoms with Gasteiger partial charge in [-0.05, 0) is 0 Å². The van der Waals surface area contributed by atoms with Gasteiger partial charge in [0.15, 0.2) is 5.96 Å². The Morgan fingerprint density at radius 3 is 1.87 bits per heavy atom. The second-order valence-electron chi connectivity index (χ2n) is 2.27. The van der Waals surface area contributed by atoms with Crippen LogP contribution in [-0.4, -0.2) is 45.0 Å². The second kappa shape index (κ2) is 9.12. The number of likely N-dealkylation sites (N-methyl/N-ethyl adjacent to an activating group) is 1. The van der Waals surface area contributed by atoms with E-state index in [2.05, 4.69) is 5.32 Å². The molecule has 0 aromatic carbocycles. The van der Waals surface area contributed by atoms with Crippen molar-refractivity contribution in [1.29, 1.82) is 5.41 Å². The minimum Gasteiger partial charge on any atom is -1.00 e. The zero-order valence-corrected chi connectivity index (χ0v) is 13.7. The molecule has 1 fully saturated rings. The summed E-state index contributed by atoms with van der Waals surface area (Å²) >= 11 is 0. The molecule has 0 unspecified atom stereocenters. The van der Waals surface area contributed by atoms with Gasteiger partial charge in [0.2, 0.25) is 5.91 Å². The van der Waals surface area contributed by atoms with Gasteiger partial charge >= 0.3 is 66.9 Å². The molecule has 0 bridgehead atoms. The van der Waals surface area contributed by atoms with Gasteiger partial charge in [0.25, 0.3) is 0 Å². The van der Waals surface area contributed by atoms with Gasteiger partial charge in [0, 0.05) is 7.05 Å². The predicted molar refractivity (Wildman–Crippen MR) is 45.0 cm³/mol. The van der Waals surface area contributed by atoms with Crippen molar-refractivity contribution in [2.75, 3.05) is 13.6 Å². The van der Waals surface area contributed by atoms with Crippen LogP contribution < -0.4 is 64.4 Å². The summed E-state index contributed by atoms with van der Waals surface area (Å²) < 4.78 is 8.88. The fourth-order valence-corrected chi connectivity index (χ4v) is 0.561. The molecule has 0 aromatic heterocycles. The number of phosphoric acid groups is 1. The molecule has 1 aliphatic rings. The largest absolute Gasteiger partial charge is 1.00 e. The van der Waals surface area contributed by atoms with Gasteiger partial charge in [-0.15, -0.1) is 0 Å². The summed E-state index contributed by atoms with van der Waals surface area (Å²) in [5.41, 5.74) is 0. The van der Waals surface area contributed by atoms with Crippen LogP contribution >= 0.6 is 7.82 Å². The van der Waals surface area contributed by atoms with E-state index < -0.39 is 7.82 Å². The third kappa shape index (κ3) is 15.1. The van der Waals surface area contributed by atoms with Crippen LogP contribution in [0.3, 0.4) is 0 Å². The molecule has 0 saturated carbocycles. The molecule has 0 aliphatic carbocycles. The van der Waals surface area contributed by atoms with Gasteiger partial charge < -0.3 is 22.4 Å². The van der Waals surface area contributed by atoms with E-state index in [4.69, 9.17) is 24.7 Å². The van der Waals surface area contributed by atoms with Crippen molar-refractivity contribution in [3.8, 4) is 0 Å². The monoisotopic (exact) mass is 259 g/mol. The number of carbonyl (C=O) groups is 1. The molecule has 0 radical (unpaired) electrons. The SMILES string of the molecule is CN1CC(=O)NC1=N.O=P(O)(O)O.[H-].[H-].[Na+].[Na+]. The van der Waals surface area contributed by atoms with Crippen LogP contribution in [0.4, 0.5) is 0 Å². The number of nitrogens with one attached hydrogen (secondary N) is 2. The molecule has 1 rings (SSSR count). The molecule has 80 valence electrons. The van der Waals surface area contributed by atoms with Gasteiger partial charge in [-0.2, -0.15) is 0 Å². The second-order valence-corrected chi connectivity index (χ2v) is 3.29. The quantitative estimate of drug-likeness (QED) is 0.217. The molecule has 0 aromatic rings. The zero-order chi connectivity index (χ0) is 10.6. The normalized spacial score (nSPS) is 14.3. The van der Waals surface area contributed by atoms with Crippen LogP contribution in [0.25, 0.3) is 0 Å². The Bertz CT molecular complexity index is 270. The fourth-order valence-electron chi connectivity index (χ4n) is 0.561. The van der Waals surface area contributed by atoms with Crippen LogP contribution in [0, 0.1) is 5.41 Å². The van der Waals surface area contributed by atoms with E-state index in [0.717, 1.165) is 0 Å². The first-order chi connectivity index (χ1) is 5.70. The summed E-state index contributed by atoms with van der Waals surface area (Å²) in [6.45, 7) is 0.318. The number of nitrogens with zero attached hydrogens (tertiary/aromatic N) is 1. The van der Waals surface area contributed by atoms with Gasteiger partial charge in [-0.25, -0.2) is 4.57 Å². The molecule has 1 saturated heterocycles. The maximum Gasteiger partial charge on any atom is 1.00 e. The molecule has 8 nitrogen and oxygen atoms in total. The first-order valence-electron chi connectivity index (χ1n) is 3.08. The summed E-state index contributed by atoms with van der Waals surface area (Å²) in [4.78, 5) is 33.5. The van der Waals surface area contributed by atoms with E-state index in [1.54, 1.807) is 11.9 Å². The summed E-state index contributed by atoms with van der Waals surface area (Å²) in [6, 6.07) is 0. The molecule has 0 atom stereocenters. The van der Waals surface area contributed by atoms with Crippen LogP contribution in [0.2, 0.25) is 0 Å². The van der Waals surface area contributed by atoms with E-state index in [1.807, 2.05) is 0 Å². The average molecular weight is 259 g/mol. The Morgan fingerprint density at radius 2 is 1.80 bits per heavy atom. The van der Waals surface area contributed by atoms with Crippen molar-refractivity contribution < 1.29 is 86.0 Å². The topological polar surface area (TPSA) is 134 Å². The van der Waals surface area contributed by atoms with Gasteiger partial charge in [-0.3, -0.25) is 15.5 Å². The van der Waals surface area contributed by atoms with E-state index in [0.29, 0.717) is 6.54 Å². The van der Waals surface area contributed by atoms with Crippen molar-refractivity contribution >= 4 is 19.7 Å². The Labute approximate surface area is 134 Å². The number of hydrogen-bond donors (Lipinski definition) is 5. The van der Waals surface area contributed by atoms with Crippen molar-refractivity contribution in [3.63, 3.8) is 0 Å². The van der Waals surface area contributed by atoms with Crippen LogP contribution in [0.1, 0.15) is 2.85 Å². The smallest absolute Gasteiger partial charge is 1.00 e. The summed E-state index contributed by atoms with van der Waals surface area (Å²) in [5.74, 6) is 0.0903. The zero-order valence-electron chi connectivity index (χ0n) is 10.8. The fraction of sp³-hybridized carbons (Fsp3) is 0.500.